The molecule has 2 aromatic heterocycles. The van der Waals surface area contributed by atoms with Crippen molar-refractivity contribution >= 4 is 6.08 Å². The fourth-order valence-corrected chi connectivity index (χ4v) is 4.02. The molecule has 5 rings (SSSR count). The molecular formula is C20H20N6O. The first-order valence-electron chi connectivity index (χ1n) is 9.21. The first-order valence-corrected chi connectivity index (χ1v) is 9.21. The van der Waals surface area contributed by atoms with E-state index in [0.717, 1.165) is 18.5 Å². The van der Waals surface area contributed by atoms with Crippen molar-refractivity contribution in [2.75, 3.05) is 0 Å². The summed E-state index contributed by atoms with van der Waals surface area (Å²) in [6.07, 6.45) is 13.6. The number of piperidine rings is 1. The second kappa shape index (κ2) is 6.59. The van der Waals surface area contributed by atoms with Gasteiger partial charge >= 0.3 is 0 Å². The molecule has 0 radical (unpaired) electrons. The van der Waals surface area contributed by atoms with E-state index in [-0.39, 0.29) is 5.75 Å². The quantitative estimate of drug-likeness (QED) is 0.747. The van der Waals surface area contributed by atoms with Gasteiger partial charge in [-0.3, -0.25) is 0 Å². The van der Waals surface area contributed by atoms with Crippen molar-refractivity contribution in [1.82, 2.24) is 30.0 Å². The summed E-state index contributed by atoms with van der Waals surface area (Å²) in [6, 6.07) is 6.61. The summed E-state index contributed by atoms with van der Waals surface area (Å²) >= 11 is 0. The zero-order valence-electron chi connectivity index (χ0n) is 14.8. The molecule has 2 N–H and O–H groups in total. The van der Waals surface area contributed by atoms with Crippen LogP contribution in [0.1, 0.15) is 31.5 Å². The molecule has 2 saturated heterocycles. The van der Waals surface area contributed by atoms with Crippen molar-refractivity contribution in [2.45, 2.75) is 37.8 Å². The number of aromatic hydroxyl groups is 1. The SMILES string of the molecule is Oc1cc(-n2ccnc2)ccc1-c1cnc(/C=C2\CC3CC[C@H](C2)N3)nn1. The minimum Gasteiger partial charge on any atom is -0.507 e. The van der Waals surface area contributed by atoms with Crippen molar-refractivity contribution in [1.29, 1.82) is 0 Å². The summed E-state index contributed by atoms with van der Waals surface area (Å²) in [7, 11) is 0. The summed E-state index contributed by atoms with van der Waals surface area (Å²) in [5, 5.41) is 22.5. The Bertz CT molecular complexity index is 966. The molecule has 0 spiro atoms. The van der Waals surface area contributed by atoms with Crippen molar-refractivity contribution in [3.63, 3.8) is 0 Å². The van der Waals surface area contributed by atoms with Crippen LogP contribution in [0.15, 0.2) is 48.7 Å². The van der Waals surface area contributed by atoms with Crippen molar-refractivity contribution < 1.29 is 5.11 Å². The van der Waals surface area contributed by atoms with E-state index >= 15 is 0 Å². The Morgan fingerprint density at radius 3 is 2.67 bits per heavy atom. The maximum Gasteiger partial charge on any atom is 0.174 e. The number of nitrogens with one attached hydrogen (secondary N) is 1. The van der Waals surface area contributed by atoms with Crippen LogP contribution >= 0.6 is 0 Å². The number of imidazole rings is 1. The van der Waals surface area contributed by atoms with Crippen LogP contribution in [0.5, 0.6) is 5.75 Å². The maximum absolute atomic E-state index is 10.4. The summed E-state index contributed by atoms with van der Waals surface area (Å²) < 4.78 is 1.83. The number of aromatic nitrogens is 5. The van der Waals surface area contributed by atoms with E-state index in [1.165, 1.54) is 18.4 Å². The van der Waals surface area contributed by atoms with Crippen LogP contribution in [0.25, 0.3) is 23.0 Å². The van der Waals surface area contributed by atoms with Crippen LogP contribution in [0, 0.1) is 0 Å². The number of fused-ring (bicyclic) bond motifs is 2. The van der Waals surface area contributed by atoms with Crippen molar-refractivity contribution in [3.05, 3.63) is 54.5 Å². The zero-order chi connectivity index (χ0) is 18.2. The Balaban J connectivity index is 1.37. The molecule has 2 aliphatic rings. The topological polar surface area (TPSA) is 88.8 Å². The smallest absolute Gasteiger partial charge is 0.174 e. The fourth-order valence-electron chi connectivity index (χ4n) is 4.02. The third kappa shape index (κ3) is 3.21. The lowest BCUT2D eigenvalue weighted by atomic mass is 9.99. The predicted molar refractivity (Wildman–Crippen MR) is 101 cm³/mol. The van der Waals surface area contributed by atoms with Gasteiger partial charge in [-0.1, -0.05) is 5.57 Å². The van der Waals surface area contributed by atoms with Crippen LogP contribution < -0.4 is 5.32 Å². The molecule has 4 heterocycles. The number of rotatable bonds is 3. The van der Waals surface area contributed by atoms with Crippen LogP contribution in [0.4, 0.5) is 0 Å². The van der Waals surface area contributed by atoms with Gasteiger partial charge in [-0.2, -0.15) is 0 Å². The lowest BCUT2D eigenvalue weighted by Gasteiger charge is -2.23. The molecule has 27 heavy (non-hydrogen) atoms. The number of phenolic OH excluding ortho intramolecular Hbond substituents is 1. The molecule has 0 saturated carbocycles. The molecule has 3 aromatic rings. The Labute approximate surface area is 156 Å². The summed E-state index contributed by atoms with van der Waals surface area (Å²) in [6.45, 7) is 0. The highest BCUT2D eigenvalue weighted by Crippen LogP contribution is 2.32. The Morgan fingerprint density at radius 2 is 2.00 bits per heavy atom. The summed E-state index contributed by atoms with van der Waals surface area (Å²) in [5.74, 6) is 0.767. The van der Waals surface area contributed by atoms with E-state index in [4.69, 9.17) is 0 Å². The van der Waals surface area contributed by atoms with Gasteiger partial charge in [0.2, 0.25) is 0 Å². The highest BCUT2D eigenvalue weighted by molar-refractivity contribution is 5.68. The standard InChI is InChI=1S/C20H20N6O/c27-19-10-16(26-6-5-21-12-26)3-4-17(19)18-11-22-20(25-24-18)9-13-7-14-1-2-15(8-13)23-14/h3-6,9-12,14-15,23,27H,1-2,7-8H2/b13-9-/t14-,15?/m1/s1. The molecule has 7 heteroatoms. The number of phenols is 1. The van der Waals surface area contributed by atoms with E-state index in [9.17, 15) is 5.11 Å². The summed E-state index contributed by atoms with van der Waals surface area (Å²) in [4.78, 5) is 8.46. The largest absolute Gasteiger partial charge is 0.507 e. The molecule has 2 bridgehead atoms. The molecule has 7 nitrogen and oxygen atoms in total. The van der Waals surface area contributed by atoms with Gasteiger partial charge in [0.25, 0.3) is 0 Å². The van der Waals surface area contributed by atoms with Gasteiger partial charge in [0.1, 0.15) is 11.4 Å². The van der Waals surface area contributed by atoms with Crippen molar-refractivity contribution in [3.8, 4) is 22.7 Å². The number of nitrogens with zero attached hydrogens (tertiary/aromatic N) is 5. The molecule has 2 atom stereocenters. The van der Waals surface area contributed by atoms with E-state index in [1.54, 1.807) is 24.8 Å². The molecule has 2 fully saturated rings. The average Bonchev–Trinajstić information content (AvgIpc) is 3.32. The Morgan fingerprint density at radius 1 is 1.15 bits per heavy atom. The normalized spacial score (nSPS) is 23.0. The number of benzene rings is 1. The van der Waals surface area contributed by atoms with Crippen LogP contribution in [-0.4, -0.2) is 41.9 Å². The van der Waals surface area contributed by atoms with Gasteiger partial charge in [0.15, 0.2) is 5.82 Å². The van der Waals surface area contributed by atoms with Gasteiger partial charge in [0.05, 0.1) is 18.2 Å². The van der Waals surface area contributed by atoms with E-state index in [1.807, 2.05) is 22.9 Å². The second-order valence-corrected chi connectivity index (χ2v) is 7.22. The van der Waals surface area contributed by atoms with Crippen molar-refractivity contribution in [2.24, 2.45) is 0 Å². The molecule has 2 aliphatic heterocycles. The van der Waals surface area contributed by atoms with Gasteiger partial charge in [-0.25, -0.2) is 9.97 Å². The third-order valence-corrected chi connectivity index (χ3v) is 5.32. The number of hydrogen-bond donors (Lipinski definition) is 2. The van der Waals surface area contributed by atoms with Gasteiger partial charge < -0.3 is 15.0 Å². The minimum atomic E-state index is 0.137. The molecule has 0 amide bonds. The maximum atomic E-state index is 10.4. The fraction of sp³-hybridized carbons (Fsp3) is 0.300. The average molecular weight is 360 g/mol. The Kier molecular flexibility index (Phi) is 3.94. The predicted octanol–water partition coefficient (Wildman–Crippen LogP) is 2.73. The third-order valence-electron chi connectivity index (χ3n) is 5.32. The van der Waals surface area contributed by atoms with E-state index < -0.39 is 0 Å². The van der Waals surface area contributed by atoms with Crippen LogP contribution in [-0.2, 0) is 0 Å². The first-order chi connectivity index (χ1) is 13.2. The Hall–Kier alpha value is -3.06. The zero-order valence-corrected chi connectivity index (χ0v) is 14.8. The molecule has 1 unspecified atom stereocenters. The highest BCUT2D eigenvalue weighted by Gasteiger charge is 2.30. The molecule has 1 aromatic carbocycles. The van der Waals surface area contributed by atoms with Gasteiger partial charge in [-0.15, -0.1) is 10.2 Å². The highest BCUT2D eigenvalue weighted by atomic mass is 16.3. The van der Waals surface area contributed by atoms with Gasteiger partial charge in [0, 0.05) is 36.1 Å². The lowest BCUT2D eigenvalue weighted by Crippen LogP contribution is -2.34. The first kappa shape index (κ1) is 16.1. The van der Waals surface area contributed by atoms with Gasteiger partial charge in [-0.05, 0) is 43.9 Å². The lowest BCUT2D eigenvalue weighted by molar-refractivity contribution is 0.475. The van der Waals surface area contributed by atoms with E-state index in [0.29, 0.717) is 29.2 Å². The molecular weight excluding hydrogens is 340 g/mol. The molecule has 136 valence electrons. The second-order valence-electron chi connectivity index (χ2n) is 7.22. The molecule has 0 aliphatic carbocycles. The minimum absolute atomic E-state index is 0.137. The van der Waals surface area contributed by atoms with E-state index in [2.05, 4.69) is 31.6 Å². The number of hydrogen-bond acceptors (Lipinski definition) is 6. The van der Waals surface area contributed by atoms with Crippen LogP contribution in [0.3, 0.4) is 0 Å². The monoisotopic (exact) mass is 360 g/mol. The summed E-state index contributed by atoms with van der Waals surface area (Å²) in [5.41, 5.74) is 3.38. The van der Waals surface area contributed by atoms with Crippen LogP contribution in [0.2, 0.25) is 0 Å².